The summed E-state index contributed by atoms with van der Waals surface area (Å²) in [5.74, 6) is -0.671. The van der Waals surface area contributed by atoms with Crippen molar-refractivity contribution in [3.63, 3.8) is 0 Å². The van der Waals surface area contributed by atoms with Crippen molar-refractivity contribution in [1.29, 1.82) is 0 Å². The minimum Gasteiger partial charge on any atom is -0.372 e. The number of halogens is 3. The number of aromatic nitrogens is 2. The van der Waals surface area contributed by atoms with Crippen LogP contribution >= 0.6 is 22.6 Å². The maximum Gasteiger partial charge on any atom is 0.161 e. The van der Waals surface area contributed by atoms with Crippen LogP contribution in [0.2, 0.25) is 0 Å². The predicted octanol–water partition coefficient (Wildman–Crippen LogP) is 4.02. The summed E-state index contributed by atoms with van der Waals surface area (Å²) in [7, 11) is 1.77. The molecule has 0 atom stereocenters. The molecule has 0 bridgehead atoms. The van der Waals surface area contributed by atoms with Gasteiger partial charge in [0.25, 0.3) is 0 Å². The van der Waals surface area contributed by atoms with E-state index in [1.54, 1.807) is 7.05 Å². The van der Waals surface area contributed by atoms with Crippen LogP contribution in [0.4, 0.5) is 14.6 Å². The van der Waals surface area contributed by atoms with Crippen molar-refractivity contribution in [2.24, 2.45) is 0 Å². The lowest BCUT2D eigenvalue weighted by atomic mass is 10.2. The molecule has 106 valence electrons. The summed E-state index contributed by atoms with van der Waals surface area (Å²) in [4.78, 5) is 8.82. The Morgan fingerprint density at radius 3 is 2.55 bits per heavy atom. The van der Waals surface area contributed by atoms with Crippen molar-refractivity contribution in [1.82, 2.24) is 9.97 Å². The van der Waals surface area contributed by atoms with E-state index in [9.17, 15) is 8.78 Å². The molecule has 1 aromatic carbocycles. The molecule has 0 fully saturated rings. The molecule has 1 N–H and O–H groups in total. The fourth-order valence-electron chi connectivity index (χ4n) is 1.83. The summed E-state index contributed by atoms with van der Waals surface area (Å²) < 4.78 is 27.3. The fourth-order valence-corrected chi connectivity index (χ4v) is 2.61. The summed E-state index contributed by atoms with van der Waals surface area (Å²) in [6.07, 6.45) is 1.76. The van der Waals surface area contributed by atoms with Crippen LogP contribution in [0.15, 0.2) is 18.2 Å². The number of hydrogen-bond donors (Lipinski definition) is 1. The minimum atomic E-state index is -0.896. The zero-order chi connectivity index (χ0) is 14.7. The molecule has 2 rings (SSSR count). The van der Waals surface area contributed by atoms with Crippen molar-refractivity contribution in [2.45, 2.75) is 19.8 Å². The van der Waals surface area contributed by atoms with Gasteiger partial charge in [0.2, 0.25) is 0 Å². The van der Waals surface area contributed by atoms with Gasteiger partial charge in [-0.25, -0.2) is 18.7 Å². The number of benzene rings is 1. The number of aryl methyl sites for hydroxylation is 1. The van der Waals surface area contributed by atoms with Gasteiger partial charge in [-0.3, -0.25) is 0 Å². The van der Waals surface area contributed by atoms with Crippen LogP contribution in [0.1, 0.15) is 19.0 Å². The molecular formula is C14H14F2IN3. The largest absolute Gasteiger partial charge is 0.372 e. The minimum absolute atomic E-state index is 0.400. The maximum absolute atomic E-state index is 13.3. The summed E-state index contributed by atoms with van der Waals surface area (Å²) in [5, 5.41) is 3.00. The second kappa shape index (κ2) is 6.43. The standard InChI is InChI=1S/C14H14F2IN3/c1-3-4-11-12(17)14(18-2)20-13(19-11)8-5-6-9(15)10(16)7-8/h5-7H,3-4H2,1-2H3,(H,18,19,20). The third-order valence-corrected chi connectivity index (χ3v) is 3.95. The molecule has 0 saturated heterocycles. The lowest BCUT2D eigenvalue weighted by Crippen LogP contribution is -2.05. The quantitative estimate of drug-likeness (QED) is 0.803. The third kappa shape index (κ3) is 3.05. The van der Waals surface area contributed by atoms with Gasteiger partial charge >= 0.3 is 0 Å². The van der Waals surface area contributed by atoms with E-state index in [1.165, 1.54) is 6.07 Å². The Morgan fingerprint density at radius 1 is 1.20 bits per heavy atom. The van der Waals surface area contributed by atoms with E-state index in [0.717, 1.165) is 34.2 Å². The maximum atomic E-state index is 13.3. The molecule has 0 spiro atoms. The summed E-state index contributed by atoms with van der Waals surface area (Å²) in [5.41, 5.74) is 1.38. The van der Waals surface area contributed by atoms with Crippen LogP contribution in [0.25, 0.3) is 11.4 Å². The fraction of sp³-hybridized carbons (Fsp3) is 0.286. The molecule has 0 aliphatic heterocycles. The molecule has 0 aliphatic carbocycles. The molecule has 3 nitrogen and oxygen atoms in total. The van der Waals surface area contributed by atoms with Gasteiger partial charge in [0.05, 0.1) is 9.26 Å². The Kier molecular flexibility index (Phi) is 4.85. The topological polar surface area (TPSA) is 37.8 Å². The highest BCUT2D eigenvalue weighted by atomic mass is 127. The van der Waals surface area contributed by atoms with Gasteiger partial charge in [0, 0.05) is 12.6 Å². The average molecular weight is 389 g/mol. The summed E-state index contributed by atoms with van der Waals surface area (Å²) in [6, 6.07) is 3.69. The average Bonchev–Trinajstić information content (AvgIpc) is 2.44. The Hall–Kier alpha value is -1.31. The summed E-state index contributed by atoms with van der Waals surface area (Å²) >= 11 is 2.19. The zero-order valence-electron chi connectivity index (χ0n) is 11.2. The second-order valence-electron chi connectivity index (χ2n) is 4.29. The van der Waals surface area contributed by atoms with Crippen molar-refractivity contribution >= 4 is 28.4 Å². The van der Waals surface area contributed by atoms with E-state index in [1.807, 2.05) is 0 Å². The van der Waals surface area contributed by atoms with Crippen molar-refractivity contribution in [3.05, 3.63) is 39.1 Å². The van der Waals surface area contributed by atoms with Gasteiger partial charge in [-0.05, 0) is 47.2 Å². The molecule has 0 unspecified atom stereocenters. The van der Waals surface area contributed by atoms with Crippen molar-refractivity contribution in [3.8, 4) is 11.4 Å². The second-order valence-corrected chi connectivity index (χ2v) is 5.36. The van der Waals surface area contributed by atoms with E-state index in [0.29, 0.717) is 17.2 Å². The van der Waals surface area contributed by atoms with E-state index in [4.69, 9.17) is 0 Å². The van der Waals surface area contributed by atoms with Crippen LogP contribution in [0.3, 0.4) is 0 Å². The van der Waals surface area contributed by atoms with Gasteiger partial charge < -0.3 is 5.32 Å². The molecule has 1 aromatic heterocycles. The molecule has 6 heteroatoms. The molecule has 0 saturated carbocycles. The zero-order valence-corrected chi connectivity index (χ0v) is 13.3. The van der Waals surface area contributed by atoms with Crippen LogP contribution < -0.4 is 5.32 Å². The molecule has 1 heterocycles. The van der Waals surface area contributed by atoms with Gasteiger partial charge in [-0.2, -0.15) is 0 Å². The number of rotatable bonds is 4. The van der Waals surface area contributed by atoms with Crippen LogP contribution in [0.5, 0.6) is 0 Å². The normalized spacial score (nSPS) is 10.7. The Labute approximate surface area is 130 Å². The number of anilines is 1. The van der Waals surface area contributed by atoms with Gasteiger partial charge in [0.1, 0.15) is 5.82 Å². The molecule has 0 aliphatic rings. The van der Waals surface area contributed by atoms with E-state index in [2.05, 4.69) is 44.8 Å². The van der Waals surface area contributed by atoms with E-state index >= 15 is 0 Å². The lowest BCUT2D eigenvalue weighted by molar-refractivity contribution is 0.509. The Balaban J connectivity index is 2.55. The van der Waals surface area contributed by atoms with Crippen molar-refractivity contribution < 1.29 is 8.78 Å². The molecule has 0 radical (unpaired) electrons. The van der Waals surface area contributed by atoms with Crippen LogP contribution in [-0.4, -0.2) is 17.0 Å². The first-order valence-electron chi connectivity index (χ1n) is 6.26. The smallest absolute Gasteiger partial charge is 0.161 e. The predicted molar refractivity (Wildman–Crippen MR) is 83.6 cm³/mol. The van der Waals surface area contributed by atoms with Gasteiger partial charge in [-0.15, -0.1) is 0 Å². The van der Waals surface area contributed by atoms with E-state index < -0.39 is 11.6 Å². The highest BCUT2D eigenvalue weighted by Gasteiger charge is 2.13. The monoisotopic (exact) mass is 389 g/mol. The highest BCUT2D eigenvalue weighted by molar-refractivity contribution is 14.1. The van der Waals surface area contributed by atoms with E-state index in [-0.39, 0.29) is 0 Å². The van der Waals surface area contributed by atoms with Crippen LogP contribution in [0, 0.1) is 15.2 Å². The summed E-state index contributed by atoms with van der Waals surface area (Å²) in [6.45, 7) is 2.06. The van der Waals surface area contributed by atoms with Gasteiger partial charge in [-0.1, -0.05) is 13.3 Å². The highest BCUT2D eigenvalue weighted by Crippen LogP contribution is 2.25. The molecule has 2 aromatic rings. The molecule has 20 heavy (non-hydrogen) atoms. The third-order valence-electron chi connectivity index (χ3n) is 2.82. The number of nitrogens with zero attached hydrogens (tertiary/aromatic N) is 2. The molecular weight excluding hydrogens is 375 g/mol. The number of nitrogens with one attached hydrogen (secondary N) is 1. The lowest BCUT2D eigenvalue weighted by Gasteiger charge is -2.11. The first-order valence-corrected chi connectivity index (χ1v) is 7.34. The first kappa shape index (κ1) is 15.1. The van der Waals surface area contributed by atoms with Gasteiger partial charge in [0.15, 0.2) is 17.5 Å². The Morgan fingerprint density at radius 2 is 1.95 bits per heavy atom. The first-order chi connectivity index (χ1) is 9.56. The molecule has 0 amide bonds. The SMILES string of the molecule is CCCc1nc(-c2ccc(F)c(F)c2)nc(NC)c1I. The Bertz CT molecular complexity index is 632. The van der Waals surface area contributed by atoms with Crippen LogP contribution in [-0.2, 0) is 6.42 Å². The van der Waals surface area contributed by atoms with Crippen molar-refractivity contribution in [2.75, 3.05) is 12.4 Å². The number of hydrogen-bond acceptors (Lipinski definition) is 3.